The third-order valence-corrected chi connectivity index (χ3v) is 3.09. The van der Waals surface area contributed by atoms with Gasteiger partial charge in [0.05, 0.1) is 0 Å². The minimum absolute atomic E-state index is 0.101. The molecule has 3 N–H and O–H groups in total. The van der Waals surface area contributed by atoms with E-state index in [9.17, 15) is 9.59 Å². The summed E-state index contributed by atoms with van der Waals surface area (Å²) in [6, 6.07) is 4.81. The topological polar surface area (TPSA) is 96.9 Å². The molecule has 1 atom stereocenters. The Hall–Kier alpha value is -2.44. The zero-order valence-corrected chi connectivity index (χ0v) is 11.7. The molecule has 1 aliphatic rings. The van der Waals surface area contributed by atoms with E-state index in [1.807, 2.05) is 6.92 Å². The summed E-state index contributed by atoms with van der Waals surface area (Å²) in [4.78, 5) is 22.2. The van der Waals surface area contributed by atoms with Gasteiger partial charge in [-0.25, -0.2) is 4.79 Å². The first-order valence-corrected chi connectivity index (χ1v) is 6.71. The second-order valence-corrected chi connectivity index (χ2v) is 4.94. The highest BCUT2D eigenvalue weighted by molar-refractivity contribution is 5.89. The highest BCUT2D eigenvalue weighted by atomic mass is 16.7. The lowest BCUT2D eigenvalue weighted by molar-refractivity contribution is -0.137. The van der Waals surface area contributed by atoms with E-state index in [2.05, 4.69) is 10.6 Å². The van der Waals surface area contributed by atoms with Gasteiger partial charge in [0.2, 0.25) is 6.79 Å². The number of hydrogen-bond donors (Lipinski definition) is 3. The fourth-order valence-electron chi connectivity index (χ4n) is 1.89. The number of carboxylic acid groups (broad SMARTS) is 1. The van der Waals surface area contributed by atoms with Gasteiger partial charge >= 0.3 is 12.0 Å². The van der Waals surface area contributed by atoms with E-state index in [0.29, 0.717) is 30.2 Å². The van der Waals surface area contributed by atoms with Crippen LogP contribution in [0.5, 0.6) is 11.5 Å². The number of anilines is 1. The normalized spacial score (nSPS) is 13.6. The van der Waals surface area contributed by atoms with Gasteiger partial charge in [-0.2, -0.15) is 0 Å². The number of benzene rings is 1. The Morgan fingerprint density at radius 2 is 2.10 bits per heavy atom. The molecule has 0 aromatic heterocycles. The molecule has 0 saturated heterocycles. The van der Waals surface area contributed by atoms with Crippen LogP contribution in [0, 0.1) is 5.92 Å². The number of carbonyl (C=O) groups excluding carboxylic acids is 1. The van der Waals surface area contributed by atoms with Crippen LogP contribution in [0.15, 0.2) is 18.2 Å². The maximum atomic E-state index is 11.7. The van der Waals surface area contributed by atoms with E-state index in [4.69, 9.17) is 14.6 Å². The lowest BCUT2D eigenvalue weighted by Crippen LogP contribution is -2.32. The number of carboxylic acids is 1. The summed E-state index contributed by atoms with van der Waals surface area (Å²) in [6.07, 6.45) is 0.631. The molecule has 2 amide bonds. The molecular weight excluding hydrogens is 276 g/mol. The highest BCUT2D eigenvalue weighted by Gasteiger charge is 2.14. The number of nitrogens with one attached hydrogen (secondary N) is 2. The van der Waals surface area contributed by atoms with Gasteiger partial charge in [-0.1, -0.05) is 6.92 Å². The van der Waals surface area contributed by atoms with Gasteiger partial charge in [0, 0.05) is 24.7 Å². The number of rotatable bonds is 6. The number of carbonyl (C=O) groups is 2. The van der Waals surface area contributed by atoms with E-state index in [0.717, 1.165) is 0 Å². The molecule has 0 fully saturated rings. The van der Waals surface area contributed by atoms with Crippen LogP contribution in [0.25, 0.3) is 0 Å². The van der Waals surface area contributed by atoms with Gasteiger partial charge in [0.25, 0.3) is 0 Å². The summed E-state index contributed by atoms with van der Waals surface area (Å²) in [5.74, 6) is 0.529. The third-order valence-electron chi connectivity index (χ3n) is 3.09. The van der Waals surface area contributed by atoms with E-state index in [1.54, 1.807) is 18.2 Å². The second-order valence-electron chi connectivity index (χ2n) is 4.94. The fraction of sp³-hybridized carbons (Fsp3) is 0.429. The maximum Gasteiger partial charge on any atom is 0.319 e. The van der Waals surface area contributed by atoms with Gasteiger partial charge in [-0.05, 0) is 24.5 Å². The summed E-state index contributed by atoms with van der Waals surface area (Å²) in [6.45, 7) is 2.50. The summed E-state index contributed by atoms with van der Waals surface area (Å²) in [5.41, 5.74) is 0.606. The van der Waals surface area contributed by atoms with Crippen LogP contribution in [0.4, 0.5) is 10.5 Å². The Balaban J connectivity index is 1.75. The van der Waals surface area contributed by atoms with E-state index >= 15 is 0 Å². The molecule has 0 saturated carbocycles. The quantitative estimate of drug-likeness (QED) is 0.746. The minimum atomic E-state index is -0.827. The molecule has 0 radical (unpaired) electrons. The SMILES string of the molecule is CC(CCC(=O)O)CNC(=O)Nc1ccc2c(c1)OCO2. The molecule has 1 aromatic rings. The van der Waals surface area contributed by atoms with Crippen molar-refractivity contribution in [2.75, 3.05) is 18.7 Å². The van der Waals surface area contributed by atoms with Crippen molar-refractivity contribution in [3.8, 4) is 11.5 Å². The first kappa shape index (κ1) is 15.0. The van der Waals surface area contributed by atoms with Crippen molar-refractivity contribution < 1.29 is 24.2 Å². The Bertz CT molecular complexity index is 532. The standard InChI is InChI=1S/C14H18N2O5/c1-9(2-5-13(17)18)7-15-14(19)16-10-3-4-11-12(6-10)21-8-20-11/h3-4,6,9H,2,5,7-8H2,1H3,(H,17,18)(H2,15,16,19). The summed E-state index contributed by atoms with van der Waals surface area (Å²) in [5, 5.41) is 14.0. The molecule has 1 aliphatic heterocycles. The number of ether oxygens (including phenoxy) is 2. The summed E-state index contributed by atoms with van der Waals surface area (Å²) >= 11 is 0. The lowest BCUT2D eigenvalue weighted by Gasteiger charge is -2.12. The first-order valence-electron chi connectivity index (χ1n) is 6.71. The highest BCUT2D eigenvalue weighted by Crippen LogP contribution is 2.34. The largest absolute Gasteiger partial charge is 0.481 e. The van der Waals surface area contributed by atoms with E-state index in [-0.39, 0.29) is 25.2 Å². The predicted octanol–water partition coefficient (Wildman–Crippen LogP) is 2.04. The van der Waals surface area contributed by atoms with Crippen molar-refractivity contribution in [2.24, 2.45) is 5.92 Å². The summed E-state index contributed by atoms with van der Waals surface area (Å²) < 4.78 is 10.4. The van der Waals surface area contributed by atoms with Crippen LogP contribution < -0.4 is 20.1 Å². The molecule has 0 aliphatic carbocycles. The van der Waals surface area contributed by atoms with Crippen LogP contribution in [-0.4, -0.2) is 30.4 Å². The van der Waals surface area contributed by atoms with Crippen LogP contribution in [0.2, 0.25) is 0 Å². The number of urea groups is 1. The molecule has 1 heterocycles. The van der Waals surface area contributed by atoms with Crippen molar-refractivity contribution in [3.63, 3.8) is 0 Å². The maximum absolute atomic E-state index is 11.7. The molecule has 21 heavy (non-hydrogen) atoms. The zero-order chi connectivity index (χ0) is 15.2. The minimum Gasteiger partial charge on any atom is -0.481 e. The summed E-state index contributed by atoms with van der Waals surface area (Å²) in [7, 11) is 0. The van der Waals surface area contributed by atoms with Gasteiger partial charge in [0.15, 0.2) is 11.5 Å². The molecule has 114 valence electrons. The van der Waals surface area contributed by atoms with Gasteiger partial charge in [-0.3, -0.25) is 4.79 Å². The Morgan fingerprint density at radius 1 is 1.33 bits per heavy atom. The van der Waals surface area contributed by atoms with Crippen molar-refractivity contribution in [3.05, 3.63) is 18.2 Å². The van der Waals surface area contributed by atoms with Crippen molar-refractivity contribution in [1.82, 2.24) is 5.32 Å². The number of fused-ring (bicyclic) bond motifs is 1. The van der Waals surface area contributed by atoms with Gasteiger partial charge in [0.1, 0.15) is 0 Å². The van der Waals surface area contributed by atoms with Crippen LogP contribution in [0.1, 0.15) is 19.8 Å². The Labute approximate surface area is 122 Å². The third kappa shape index (κ3) is 4.55. The van der Waals surface area contributed by atoms with Crippen LogP contribution in [0.3, 0.4) is 0 Å². The van der Waals surface area contributed by atoms with Crippen molar-refractivity contribution >= 4 is 17.7 Å². The van der Waals surface area contributed by atoms with Gasteiger partial charge < -0.3 is 25.2 Å². The van der Waals surface area contributed by atoms with Crippen molar-refractivity contribution in [2.45, 2.75) is 19.8 Å². The zero-order valence-electron chi connectivity index (χ0n) is 11.7. The lowest BCUT2D eigenvalue weighted by atomic mass is 10.1. The number of aliphatic carboxylic acids is 1. The molecule has 0 spiro atoms. The molecule has 7 nitrogen and oxygen atoms in total. The number of hydrogen-bond acceptors (Lipinski definition) is 4. The molecule has 7 heteroatoms. The smallest absolute Gasteiger partial charge is 0.319 e. The van der Waals surface area contributed by atoms with E-state index in [1.165, 1.54) is 0 Å². The average molecular weight is 294 g/mol. The van der Waals surface area contributed by atoms with Gasteiger partial charge in [-0.15, -0.1) is 0 Å². The molecule has 2 rings (SSSR count). The van der Waals surface area contributed by atoms with Crippen molar-refractivity contribution in [1.29, 1.82) is 0 Å². The number of amides is 2. The Kier molecular flexibility index (Phi) is 4.86. The van der Waals surface area contributed by atoms with Crippen LogP contribution >= 0.6 is 0 Å². The van der Waals surface area contributed by atoms with E-state index < -0.39 is 5.97 Å². The predicted molar refractivity (Wildman–Crippen MR) is 75.6 cm³/mol. The molecule has 1 aromatic carbocycles. The average Bonchev–Trinajstić information content (AvgIpc) is 2.90. The van der Waals surface area contributed by atoms with Crippen LogP contribution in [-0.2, 0) is 4.79 Å². The monoisotopic (exact) mass is 294 g/mol. The molecule has 1 unspecified atom stereocenters. The molecular formula is C14H18N2O5. The first-order chi connectivity index (χ1) is 10.0. The second kappa shape index (κ2) is 6.83. The molecule has 0 bridgehead atoms. The fourth-order valence-corrected chi connectivity index (χ4v) is 1.89. The Morgan fingerprint density at radius 3 is 2.86 bits per heavy atom.